The van der Waals surface area contributed by atoms with Crippen LogP contribution in [0, 0.1) is 5.92 Å². The SMILES string of the molecule is CC(C)CN(CCCc1ccc(OC(C)(C)C(=O)O)cc1)S(=O)(=O)c1ccc2ccccc2c1. The number of carbonyl (C=O) groups is 1. The van der Waals surface area contributed by atoms with E-state index in [2.05, 4.69) is 0 Å². The topological polar surface area (TPSA) is 83.9 Å². The van der Waals surface area contributed by atoms with Crippen molar-refractivity contribution in [3.63, 3.8) is 0 Å². The van der Waals surface area contributed by atoms with E-state index in [0.29, 0.717) is 36.6 Å². The molecule has 1 N–H and O–H groups in total. The molecule has 0 aromatic heterocycles. The zero-order chi connectivity index (χ0) is 24.9. The van der Waals surface area contributed by atoms with Gasteiger partial charge in [-0.25, -0.2) is 13.2 Å². The Hall–Kier alpha value is -2.90. The number of hydrogen-bond donors (Lipinski definition) is 1. The van der Waals surface area contributed by atoms with Gasteiger partial charge in [0.05, 0.1) is 4.90 Å². The highest BCUT2D eigenvalue weighted by Gasteiger charge is 2.29. The van der Waals surface area contributed by atoms with Gasteiger partial charge in [0.25, 0.3) is 0 Å². The lowest BCUT2D eigenvalue weighted by atomic mass is 10.1. The van der Waals surface area contributed by atoms with Crippen molar-refractivity contribution in [3.05, 3.63) is 72.3 Å². The predicted octanol–water partition coefficient (Wildman–Crippen LogP) is 5.36. The number of hydrogen-bond acceptors (Lipinski definition) is 4. The van der Waals surface area contributed by atoms with Crippen LogP contribution in [-0.4, -0.2) is 42.5 Å². The number of fused-ring (bicyclic) bond motifs is 1. The third-order valence-electron chi connectivity index (χ3n) is 5.61. The molecule has 0 amide bonds. The van der Waals surface area contributed by atoms with Crippen LogP contribution in [0.1, 0.15) is 39.7 Å². The molecule has 6 nitrogen and oxygen atoms in total. The second kappa shape index (κ2) is 10.6. The summed E-state index contributed by atoms with van der Waals surface area (Å²) in [5.74, 6) is -0.352. The Balaban J connectivity index is 1.69. The number of benzene rings is 3. The number of nitrogens with zero attached hydrogens (tertiary/aromatic N) is 1. The van der Waals surface area contributed by atoms with Crippen LogP contribution in [0.15, 0.2) is 71.6 Å². The van der Waals surface area contributed by atoms with Crippen LogP contribution in [0.3, 0.4) is 0 Å². The number of aliphatic carboxylic acids is 1. The molecule has 0 aliphatic heterocycles. The first-order valence-electron chi connectivity index (χ1n) is 11.5. The Bertz CT molecular complexity index is 1230. The minimum Gasteiger partial charge on any atom is -0.478 e. The van der Waals surface area contributed by atoms with Crippen LogP contribution in [0.2, 0.25) is 0 Å². The molecule has 0 fully saturated rings. The monoisotopic (exact) mass is 483 g/mol. The predicted molar refractivity (Wildman–Crippen MR) is 135 cm³/mol. The summed E-state index contributed by atoms with van der Waals surface area (Å²) < 4.78 is 34.0. The van der Waals surface area contributed by atoms with Crippen LogP contribution in [0.5, 0.6) is 5.75 Å². The molecule has 0 saturated heterocycles. The number of carboxylic acid groups (broad SMARTS) is 1. The minimum absolute atomic E-state index is 0.198. The second-order valence-electron chi connectivity index (χ2n) is 9.43. The van der Waals surface area contributed by atoms with Gasteiger partial charge in [-0.3, -0.25) is 0 Å². The molecular formula is C27H33NO5S. The third kappa shape index (κ3) is 6.36. The van der Waals surface area contributed by atoms with Crippen LogP contribution in [0.25, 0.3) is 10.8 Å². The largest absolute Gasteiger partial charge is 0.478 e. The maximum atomic E-state index is 13.4. The van der Waals surface area contributed by atoms with Crippen molar-refractivity contribution in [2.45, 2.75) is 51.0 Å². The maximum Gasteiger partial charge on any atom is 0.347 e. The Morgan fingerprint density at radius 1 is 1.00 bits per heavy atom. The smallest absolute Gasteiger partial charge is 0.347 e. The van der Waals surface area contributed by atoms with Gasteiger partial charge in [0, 0.05) is 13.1 Å². The van der Waals surface area contributed by atoms with Crippen molar-refractivity contribution in [1.82, 2.24) is 4.31 Å². The van der Waals surface area contributed by atoms with Gasteiger partial charge >= 0.3 is 5.97 Å². The first-order valence-corrected chi connectivity index (χ1v) is 12.9. The summed E-state index contributed by atoms with van der Waals surface area (Å²) in [6.45, 7) is 7.90. The fourth-order valence-corrected chi connectivity index (χ4v) is 5.39. The number of ether oxygens (including phenoxy) is 1. The lowest BCUT2D eigenvalue weighted by Crippen LogP contribution is -2.37. The highest BCUT2D eigenvalue weighted by molar-refractivity contribution is 7.89. The van der Waals surface area contributed by atoms with E-state index in [1.807, 2.05) is 56.3 Å². The molecule has 34 heavy (non-hydrogen) atoms. The highest BCUT2D eigenvalue weighted by Crippen LogP contribution is 2.24. The molecule has 7 heteroatoms. The number of sulfonamides is 1. The van der Waals surface area contributed by atoms with Gasteiger partial charge in [-0.2, -0.15) is 4.31 Å². The van der Waals surface area contributed by atoms with Gasteiger partial charge in [-0.05, 0) is 73.2 Å². The molecule has 182 valence electrons. The van der Waals surface area contributed by atoms with Crippen molar-refractivity contribution in [3.8, 4) is 5.75 Å². The molecule has 0 aliphatic carbocycles. The zero-order valence-corrected chi connectivity index (χ0v) is 21.0. The van der Waals surface area contributed by atoms with Gasteiger partial charge in [0.1, 0.15) is 5.75 Å². The van der Waals surface area contributed by atoms with E-state index >= 15 is 0 Å². The summed E-state index contributed by atoms with van der Waals surface area (Å²) >= 11 is 0. The molecule has 3 rings (SSSR count). The number of aryl methyl sites for hydroxylation is 1. The van der Waals surface area contributed by atoms with Gasteiger partial charge in [-0.15, -0.1) is 0 Å². The standard InChI is InChI=1S/C27H33NO5S/c1-20(2)19-28(34(31,32)25-16-13-22-9-5-6-10-23(22)18-25)17-7-8-21-11-14-24(15-12-21)33-27(3,4)26(29)30/h5-6,9-16,18,20H,7-8,17,19H2,1-4H3,(H,29,30). The van der Waals surface area contributed by atoms with Crippen LogP contribution >= 0.6 is 0 Å². The molecule has 3 aromatic rings. The van der Waals surface area contributed by atoms with Crippen LogP contribution in [-0.2, 0) is 21.2 Å². The van der Waals surface area contributed by atoms with E-state index in [0.717, 1.165) is 16.3 Å². The molecule has 0 radical (unpaired) electrons. The first-order chi connectivity index (χ1) is 16.0. The lowest BCUT2D eigenvalue weighted by Gasteiger charge is -2.24. The van der Waals surface area contributed by atoms with Crippen molar-refractivity contribution >= 4 is 26.8 Å². The molecule has 0 spiro atoms. The van der Waals surface area contributed by atoms with E-state index in [1.165, 1.54) is 13.8 Å². The number of rotatable bonds is 11. The van der Waals surface area contributed by atoms with E-state index in [4.69, 9.17) is 4.74 Å². The van der Waals surface area contributed by atoms with Gasteiger partial charge in [-0.1, -0.05) is 56.3 Å². The molecule has 0 atom stereocenters. The van der Waals surface area contributed by atoms with E-state index in [9.17, 15) is 18.3 Å². The van der Waals surface area contributed by atoms with Gasteiger partial charge in [0.15, 0.2) is 5.60 Å². The van der Waals surface area contributed by atoms with Gasteiger partial charge in [0.2, 0.25) is 10.0 Å². The normalized spacial score (nSPS) is 12.4. The highest BCUT2D eigenvalue weighted by atomic mass is 32.2. The molecule has 0 unspecified atom stereocenters. The minimum atomic E-state index is -3.62. The first kappa shape index (κ1) is 25.7. The van der Waals surface area contributed by atoms with Crippen molar-refractivity contribution in [2.24, 2.45) is 5.92 Å². The van der Waals surface area contributed by atoms with Crippen molar-refractivity contribution in [1.29, 1.82) is 0 Å². The Kier molecular flexibility index (Phi) is 8.00. The van der Waals surface area contributed by atoms with E-state index in [-0.39, 0.29) is 5.92 Å². The zero-order valence-electron chi connectivity index (χ0n) is 20.2. The molecular weight excluding hydrogens is 450 g/mol. The summed E-state index contributed by atoms with van der Waals surface area (Å²) in [4.78, 5) is 11.6. The van der Waals surface area contributed by atoms with E-state index in [1.54, 1.807) is 28.6 Å². The van der Waals surface area contributed by atoms with E-state index < -0.39 is 21.6 Å². The molecule has 0 heterocycles. The summed E-state index contributed by atoms with van der Waals surface area (Å²) in [6.07, 6.45) is 1.37. The molecule has 0 saturated carbocycles. The van der Waals surface area contributed by atoms with Crippen molar-refractivity contribution in [2.75, 3.05) is 13.1 Å². The lowest BCUT2D eigenvalue weighted by molar-refractivity contribution is -0.152. The quantitative estimate of drug-likeness (QED) is 0.397. The van der Waals surface area contributed by atoms with Gasteiger partial charge < -0.3 is 9.84 Å². The number of carboxylic acids is 1. The van der Waals surface area contributed by atoms with Crippen molar-refractivity contribution < 1.29 is 23.1 Å². The Labute approximate surface area is 202 Å². The summed E-state index contributed by atoms with van der Waals surface area (Å²) in [5.41, 5.74) is -0.274. The van der Waals surface area contributed by atoms with Crippen LogP contribution in [0.4, 0.5) is 0 Å². The second-order valence-corrected chi connectivity index (χ2v) is 11.4. The third-order valence-corrected chi connectivity index (χ3v) is 7.47. The fraction of sp³-hybridized carbons (Fsp3) is 0.370. The Morgan fingerprint density at radius 3 is 2.26 bits per heavy atom. The fourth-order valence-electron chi connectivity index (χ4n) is 3.72. The average molecular weight is 484 g/mol. The summed E-state index contributed by atoms with van der Waals surface area (Å²) in [6, 6.07) is 20.3. The summed E-state index contributed by atoms with van der Waals surface area (Å²) in [5, 5.41) is 11.1. The van der Waals surface area contributed by atoms with Crippen LogP contribution < -0.4 is 4.74 Å². The molecule has 3 aromatic carbocycles. The molecule has 0 bridgehead atoms. The maximum absolute atomic E-state index is 13.4. The Morgan fingerprint density at radius 2 is 1.65 bits per heavy atom. The molecule has 0 aliphatic rings. The average Bonchev–Trinajstić information content (AvgIpc) is 2.78. The summed E-state index contributed by atoms with van der Waals surface area (Å²) in [7, 11) is -3.62.